The Morgan fingerprint density at radius 1 is 1.00 bits per heavy atom. The van der Waals surface area contributed by atoms with Gasteiger partial charge in [-0.3, -0.25) is 24.6 Å². The molecule has 28 heavy (non-hydrogen) atoms. The quantitative estimate of drug-likeness (QED) is 0.495. The van der Waals surface area contributed by atoms with Crippen LogP contribution in [0, 0.1) is 22.0 Å². The highest BCUT2D eigenvalue weighted by Crippen LogP contribution is 2.64. The zero-order valence-corrected chi connectivity index (χ0v) is 14.9. The lowest BCUT2D eigenvalue weighted by Gasteiger charge is -2.48. The summed E-state index contributed by atoms with van der Waals surface area (Å²) >= 11 is 0. The molecule has 1 N–H and O–H groups in total. The molecule has 0 aromatic heterocycles. The molecule has 142 valence electrons. The van der Waals surface area contributed by atoms with E-state index in [0.717, 1.165) is 16.0 Å². The number of nitro groups is 1. The van der Waals surface area contributed by atoms with E-state index >= 15 is 0 Å². The molecule has 2 aromatic carbocycles. The van der Waals surface area contributed by atoms with Gasteiger partial charge in [0.1, 0.15) is 5.92 Å². The maximum atomic E-state index is 13.3. The molecule has 1 fully saturated rings. The summed E-state index contributed by atoms with van der Waals surface area (Å²) in [5, 5.41) is 21.8. The van der Waals surface area contributed by atoms with Crippen LogP contribution >= 0.6 is 0 Å². The van der Waals surface area contributed by atoms with Crippen LogP contribution in [-0.4, -0.2) is 39.9 Å². The van der Waals surface area contributed by atoms with E-state index in [0.29, 0.717) is 11.1 Å². The third-order valence-electron chi connectivity index (χ3n) is 6.49. The van der Waals surface area contributed by atoms with E-state index in [1.165, 1.54) is 0 Å². The molecule has 0 radical (unpaired) electrons. The van der Waals surface area contributed by atoms with Crippen LogP contribution in [0.4, 0.5) is 0 Å². The summed E-state index contributed by atoms with van der Waals surface area (Å²) in [5.41, 5.74) is 0.756. The molecule has 2 amide bonds. The van der Waals surface area contributed by atoms with Gasteiger partial charge in [0.05, 0.1) is 5.92 Å². The van der Waals surface area contributed by atoms with Crippen LogP contribution in [0.15, 0.2) is 48.5 Å². The van der Waals surface area contributed by atoms with Gasteiger partial charge in [-0.15, -0.1) is 0 Å². The lowest BCUT2D eigenvalue weighted by molar-refractivity contribution is -0.578. The van der Waals surface area contributed by atoms with Crippen molar-refractivity contribution in [1.82, 2.24) is 4.90 Å². The van der Waals surface area contributed by atoms with Crippen LogP contribution in [-0.2, 0) is 15.1 Å². The third-order valence-corrected chi connectivity index (χ3v) is 6.49. The fourth-order valence-electron chi connectivity index (χ4n) is 5.55. The summed E-state index contributed by atoms with van der Waals surface area (Å²) in [4.78, 5) is 39.9. The third kappa shape index (κ3) is 1.77. The van der Waals surface area contributed by atoms with Gasteiger partial charge in [0.15, 0.2) is 0 Å². The second kappa shape index (κ2) is 5.72. The predicted molar refractivity (Wildman–Crippen MR) is 97.9 cm³/mol. The highest BCUT2D eigenvalue weighted by atomic mass is 16.6. The van der Waals surface area contributed by atoms with Gasteiger partial charge in [-0.1, -0.05) is 48.5 Å². The normalized spacial score (nSPS) is 29.5. The fourth-order valence-corrected chi connectivity index (χ4v) is 5.55. The molecule has 1 aliphatic heterocycles. The number of hydrogen-bond acceptors (Lipinski definition) is 5. The topological polar surface area (TPSA) is 101 Å². The maximum absolute atomic E-state index is 13.3. The number of imide groups is 1. The summed E-state index contributed by atoms with van der Waals surface area (Å²) in [6.45, 7) is -0.0783. The summed E-state index contributed by atoms with van der Waals surface area (Å²) < 4.78 is 0. The molecule has 2 aromatic rings. The number of aliphatic hydroxyl groups is 1. The van der Waals surface area contributed by atoms with Crippen molar-refractivity contribution in [3.63, 3.8) is 0 Å². The monoisotopic (exact) mass is 378 g/mol. The van der Waals surface area contributed by atoms with Gasteiger partial charge < -0.3 is 5.11 Å². The number of benzene rings is 2. The fraction of sp³-hybridized carbons (Fsp3) is 0.333. The Kier molecular flexibility index (Phi) is 3.49. The van der Waals surface area contributed by atoms with Crippen LogP contribution in [0.1, 0.15) is 34.6 Å². The number of rotatable bonds is 4. The standard InChI is InChI=1S/C21H18N2O5/c24-11-5-10-22-19(25)17-16-12-6-1-3-8-14(12)21(23(27)28,18(17)20(22)26)15-9-4-2-7-13(15)16/h1-4,6-9,16-18,24H,5,10-11H2/t16?,17-,18+,21?/m1/s1. The van der Waals surface area contributed by atoms with Gasteiger partial charge in [-0.2, -0.15) is 0 Å². The Hall–Kier alpha value is -3.06. The molecule has 3 aliphatic carbocycles. The molecule has 2 atom stereocenters. The van der Waals surface area contributed by atoms with Crippen LogP contribution in [0.2, 0.25) is 0 Å². The number of carbonyl (C=O) groups excluding carboxylic acids is 2. The first-order chi connectivity index (χ1) is 13.5. The van der Waals surface area contributed by atoms with Gasteiger partial charge in [-0.25, -0.2) is 0 Å². The van der Waals surface area contributed by atoms with Crippen molar-refractivity contribution >= 4 is 11.8 Å². The molecule has 7 nitrogen and oxygen atoms in total. The zero-order chi connectivity index (χ0) is 19.6. The summed E-state index contributed by atoms with van der Waals surface area (Å²) in [7, 11) is 0. The lowest BCUT2D eigenvalue weighted by Crippen LogP contribution is -2.57. The second-order valence-electron chi connectivity index (χ2n) is 7.58. The van der Waals surface area contributed by atoms with Crippen molar-refractivity contribution in [2.24, 2.45) is 11.8 Å². The molecule has 4 aliphatic rings. The van der Waals surface area contributed by atoms with E-state index in [4.69, 9.17) is 5.11 Å². The minimum absolute atomic E-state index is 0.0777. The van der Waals surface area contributed by atoms with E-state index in [9.17, 15) is 19.7 Å². The highest BCUT2D eigenvalue weighted by Gasteiger charge is 2.74. The van der Waals surface area contributed by atoms with E-state index in [1.807, 2.05) is 24.3 Å². The minimum atomic E-state index is -1.77. The maximum Gasteiger partial charge on any atom is 0.284 e. The Morgan fingerprint density at radius 2 is 1.57 bits per heavy atom. The van der Waals surface area contributed by atoms with Gasteiger partial charge in [0.2, 0.25) is 11.8 Å². The number of nitrogens with zero attached hydrogens (tertiary/aromatic N) is 2. The Balaban J connectivity index is 1.83. The first-order valence-electron chi connectivity index (χ1n) is 9.34. The Bertz CT molecular complexity index is 985. The smallest absolute Gasteiger partial charge is 0.284 e. The molecule has 0 saturated carbocycles. The Morgan fingerprint density at radius 3 is 2.11 bits per heavy atom. The number of carbonyl (C=O) groups is 2. The van der Waals surface area contributed by atoms with E-state index < -0.39 is 23.3 Å². The van der Waals surface area contributed by atoms with Crippen molar-refractivity contribution in [3.05, 3.63) is 80.9 Å². The first-order valence-corrected chi connectivity index (χ1v) is 9.34. The highest BCUT2D eigenvalue weighted by molar-refractivity contribution is 6.08. The summed E-state index contributed by atoms with van der Waals surface area (Å²) in [6.07, 6.45) is 0.257. The molecule has 7 heteroatoms. The molecule has 2 bridgehead atoms. The predicted octanol–water partition coefficient (Wildman–Crippen LogP) is 1.65. The van der Waals surface area contributed by atoms with Crippen LogP contribution < -0.4 is 0 Å². The van der Waals surface area contributed by atoms with Gasteiger partial charge in [0.25, 0.3) is 5.54 Å². The molecule has 1 heterocycles. The molecular weight excluding hydrogens is 360 g/mol. The Labute approximate surface area is 160 Å². The van der Waals surface area contributed by atoms with Crippen LogP contribution in [0.25, 0.3) is 0 Å². The molecule has 1 saturated heterocycles. The van der Waals surface area contributed by atoms with Crippen molar-refractivity contribution < 1.29 is 19.6 Å². The molecular formula is C21H18N2O5. The van der Waals surface area contributed by atoms with Crippen molar-refractivity contribution in [2.45, 2.75) is 17.9 Å². The van der Waals surface area contributed by atoms with Crippen molar-refractivity contribution in [2.75, 3.05) is 13.2 Å². The molecule has 0 spiro atoms. The van der Waals surface area contributed by atoms with Crippen LogP contribution in [0.5, 0.6) is 0 Å². The lowest BCUT2D eigenvalue weighted by atomic mass is 9.51. The SMILES string of the molecule is O=C1[C@@H]2C3c4ccccc4C([N+](=O)[O-])(c4ccccc43)[C@@H]2C(=O)N1CCCO. The van der Waals surface area contributed by atoms with Crippen LogP contribution in [0.3, 0.4) is 0 Å². The average molecular weight is 378 g/mol. The average Bonchev–Trinajstić information content (AvgIpc) is 2.97. The largest absolute Gasteiger partial charge is 0.396 e. The molecule has 6 rings (SSSR count). The second-order valence-corrected chi connectivity index (χ2v) is 7.58. The summed E-state index contributed by atoms with van der Waals surface area (Å²) in [6, 6.07) is 14.2. The van der Waals surface area contributed by atoms with Gasteiger partial charge in [-0.05, 0) is 17.5 Å². The number of hydrogen-bond donors (Lipinski definition) is 1. The van der Waals surface area contributed by atoms with Crippen molar-refractivity contribution in [3.8, 4) is 0 Å². The van der Waals surface area contributed by atoms with Gasteiger partial charge >= 0.3 is 0 Å². The number of aliphatic hydroxyl groups excluding tert-OH is 1. The molecule has 0 unspecified atom stereocenters. The number of likely N-dealkylation sites (tertiary alicyclic amines) is 1. The first kappa shape index (κ1) is 17.1. The van der Waals surface area contributed by atoms with Gasteiger partial charge in [0, 0.05) is 35.1 Å². The summed E-state index contributed by atoms with van der Waals surface area (Å²) in [5.74, 6) is -3.11. The van der Waals surface area contributed by atoms with Crippen molar-refractivity contribution in [1.29, 1.82) is 0 Å². The van der Waals surface area contributed by atoms with E-state index in [2.05, 4.69) is 0 Å². The number of amides is 2. The van der Waals surface area contributed by atoms with E-state index in [-0.39, 0.29) is 36.3 Å². The zero-order valence-electron chi connectivity index (χ0n) is 14.9. The minimum Gasteiger partial charge on any atom is -0.396 e. The van der Waals surface area contributed by atoms with E-state index in [1.54, 1.807) is 24.3 Å².